The zero-order valence-electron chi connectivity index (χ0n) is 11.2. The summed E-state index contributed by atoms with van der Waals surface area (Å²) in [5, 5.41) is 0. The van der Waals surface area contributed by atoms with Crippen LogP contribution < -0.4 is 0 Å². The fraction of sp³-hybridized carbons (Fsp3) is 0. The van der Waals surface area contributed by atoms with E-state index in [1.54, 1.807) is 0 Å². The maximum Gasteiger partial charge on any atom is 0.183 e. The Labute approximate surface area is 129 Å². The molecule has 3 aromatic carbocycles. The van der Waals surface area contributed by atoms with E-state index in [4.69, 9.17) is 0 Å². The molecule has 3 heteroatoms. The highest BCUT2D eigenvalue weighted by atomic mass is 32.2. The summed E-state index contributed by atoms with van der Waals surface area (Å²) in [5.41, 5.74) is 0. The second-order valence-electron chi connectivity index (χ2n) is 4.78. The predicted molar refractivity (Wildman–Crippen MR) is 86.2 cm³/mol. The molecule has 0 bridgehead atoms. The average Bonchev–Trinajstić information content (AvgIpc) is 2.56. The van der Waals surface area contributed by atoms with E-state index in [1.807, 2.05) is 42.5 Å². The lowest BCUT2D eigenvalue weighted by atomic mass is 10.3. The number of benzene rings is 3. The molecule has 3 aromatic rings. The number of fused-ring (bicyclic) bond motifs is 2. The first kappa shape index (κ1) is 12.9. The molecule has 0 aliphatic carbocycles. The molecule has 0 radical (unpaired) electrons. The van der Waals surface area contributed by atoms with E-state index in [1.165, 1.54) is 14.7 Å². The predicted octanol–water partition coefficient (Wildman–Crippen LogP) is 4.26. The van der Waals surface area contributed by atoms with Crippen LogP contribution in [0.5, 0.6) is 0 Å². The summed E-state index contributed by atoms with van der Waals surface area (Å²) in [7, 11) is -1.25. The Hall–Kier alpha value is -1.84. The summed E-state index contributed by atoms with van der Waals surface area (Å²) in [6.45, 7) is 0. The molecule has 1 aliphatic heterocycles. The molecule has 0 atom stereocenters. The van der Waals surface area contributed by atoms with Gasteiger partial charge in [0.2, 0.25) is 0 Å². The summed E-state index contributed by atoms with van der Waals surface area (Å²) in [5.74, 6) is 0. The Morgan fingerprint density at radius 3 is 1.67 bits per heavy atom. The third-order valence-corrected chi connectivity index (χ3v) is 7.62. The van der Waals surface area contributed by atoms with E-state index in [-0.39, 0.29) is 10.9 Å². The van der Waals surface area contributed by atoms with Gasteiger partial charge in [0.25, 0.3) is 0 Å². The van der Waals surface area contributed by atoms with Crippen molar-refractivity contribution < 1.29 is 4.21 Å². The van der Waals surface area contributed by atoms with Crippen LogP contribution in [-0.4, -0.2) is 4.21 Å². The molecule has 0 unspecified atom stereocenters. The van der Waals surface area contributed by atoms with Crippen molar-refractivity contribution in [3.8, 4) is 0 Å². The summed E-state index contributed by atoms with van der Waals surface area (Å²) in [6.07, 6.45) is 0. The molecule has 0 N–H and O–H groups in total. The molecule has 0 saturated heterocycles. The molecule has 1 heterocycles. The summed E-state index contributed by atoms with van der Waals surface area (Å²) in [6, 6.07) is 26.7. The van der Waals surface area contributed by atoms with Gasteiger partial charge in [-0.25, -0.2) is 4.21 Å². The maximum absolute atomic E-state index is 12.8. The van der Waals surface area contributed by atoms with Crippen LogP contribution in [0.4, 0.5) is 0 Å². The van der Waals surface area contributed by atoms with E-state index in [0.717, 1.165) is 9.79 Å². The van der Waals surface area contributed by atoms with Crippen molar-refractivity contribution in [2.24, 2.45) is 0 Å². The molecular formula is C18H13OS2+. The molecule has 1 aliphatic rings. The fourth-order valence-corrected chi connectivity index (χ4v) is 6.83. The highest BCUT2D eigenvalue weighted by Crippen LogP contribution is 2.42. The van der Waals surface area contributed by atoms with Gasteiger partial charge in [0.05, 0.1) is 20.6 Å². The lowest BCUT2D eigenvalue weighted by Crippen LogP contribution is -2.16. The smallest absolute Gasteiger partial charge is 0.183 e. The van der Waals surface area contributed by atoms with Crippen molar-refractivity contribution in [2.45, 2.75) is 24.5 Å². The van der Waals surface area contributed by atoms with Crippen LogP contribution in [0.3, 0.4) is 0 Å². The van der Waals surface area contributed by atoms with Crippen molar-refractivity contribution in [1.29, 1.82) is 0 Å². The fourth-order valence-electron chi connectivity index (χ4n) is 2.59. The van der Waals surface area contributed by atoms with E-state index >= 15 is 0 Å². The normalized spacial score (nSPS) is 19.6. The number of rotatable bonds is 1. The van der Waals surface area contributed by atoms with Crippen molar-refractivity contribution in [2.75, 3.05) is 0 Å². The molecule has 0 fully saturated rings. The highest BCUT2D eigenvalue weighted by molar-refractivity contribution is 7.99. The Balaban J connectivity index is 2.03. The van der Waals surface area contributed by atoms with Gasteiger partial charge < -0.3 is 0 Å². The summed E-state index contributed by atoms with van der Waals surface area (Å²) < 4.78 is 12.8. The second kappa shape index (κ2) is 5.17. The molecular weight excluding hydrogens is 296 g/mol. The first-order chi connectivity index (χ1) is 10.4. The first-order valence-electron chi connectivity index (χ1n) is 6.75. The van der Waals surface area contributed by atoms with Crippen molar-refractivity contribution in [3.05, 3.63) is 78.9 Å². The van der Waals surface area contributed by atoms with Crippen molar-refractivity contribution in [1.82, 2.24) is 0 Å². The zero-order valence-corrected chi connectivity index (χ0v) is 12.9. The zero-order chi connectivity index (χ0) is 14.2. The van der Waals surface area contributed by atoms with E-state index in [9.17, 15) is 4.21 Å². The topological polar surface area (TPSA) is 17.1 Å². The Bertz CT molecular complexity index is 778. The Kier molecular flexibility index (Phi) is 3.17. The summed E-state index contributed by atoms with van der Waals surface area (Å²) in [4.78, 5) is 5.53. The standard InChI is InChI=1S/C18H13OS2/c19-21-17-12-6-4-10-15(17)20(14-8-2-1-3-9-14)16-11-5-7-13-18(16)21/h1-13H/q+1. The molecule has 0 saturated carbocycles. The lowest BCUT2D eigenvalue weighted by molar-refractivity contribution is 0.679. The molecule has 4 rings (SSSR count). The second-order valence-corrected chi connectivity index (χ2v) is 8.16. The van der Waals surface area contributed by atoms with Gasteiger partial charge in [-0.1, -0.05) is 42.5 Å². The minimum atomic E-state index is -1.08. The van der Waals surface area contributed by atoms with Crippen LogP contribution in [0.1, 0.15) is 0 Å². The Morgan fingerprint density at radius 2 is 1.10 bits per heavy atom. The molecule has 0 spiro atoms. The highest BCUT2D eigenvalue weighted by Gasteiger charge is 2.40. The lowest BCUT2D eigenvalue weighted by Gasteiger charge is -2.18. The van der Waals surface area contributed by atoms with Gasteiger partial charge >= 0.3 is 0 Å². The van der Waals surface area contributed by atoms with Crippen LogP contribution in [0.2, 0.25) is 0 Å². The van der Waals surface area contributed by atoms with Crippen LogP contribution in [0, 0.1) is 0 Å². The van der Waals surface area contributed by atoms with Gasteiger partial charge in [-0.2, -0.15) is 0 Å². The first-order valence-corrected chi connectivity index (χ1v) is 9.13. The minimum absolute atomic E-state index is 0.172. The van der Waals surface area contributed by atoms with Gasteiger partial charge in [-0.15, -0.1) is 0 Å². The van der Waals surface area contributed by atoms with Crippen LogP contribution >= 0.6 is 0 Å². The number of hydrogen-bond acceptors (Lipinski definition) is 1. The molecule has 0 aromatic heterocycles. The van der Waals surface area contributed by atoms with E-state index in [2.05, 4.69) is 36.4 Å². The quantitative estimate of drug-likeness (QED) is 0.480. The van der Waals surface area contributed by atoms with Crippen LogP contribution in [-0.2, 0) is 21.7 Å². The third-order valence-electron chi connectivity index (χ3n) is 3.52. The maximum atomic E-state index is 12.8. The molecule has 102 valence electrons. The largest absolute Gasteiger partial charge is 0.249 e. The third kappa shape index (κ3) is 2.04. The molecule has 0 amide bonds. The van der Waals surface area contributed by atoms with Crippen LogP contribution in [0.25, 0.3) is 0 Å². The minimum Gasteiger partial charge on any atom is -0.249 e. The van der Waals surface area contributed by atoms with Gasteiger partial charge in [0.15, 0.2) is 14.7 Å². The van der Waals surface area contributed by atoms with E-state index in [0.29, 0.717) is 0 Å². The van der Waals surface area contributed by atoms with Crippen molar-refractivity contribution >= 4 is 21.7 Å². The monoisotopic (exact) mass is 309 g/mol. The number of hydrogen-bond donors (Lipinski definition) is 0. The van der Waals surface area contributed by atoms with E-state index < -0.39 is 10.8 Å². The Morgan fingerprint density at radius 1 is 0.619 bits per heavy atom. The molecule has 1 nitrogen and oxygen atoms in total. The van der Waals surface area contributed by atoms with Crippen molar-refractivity contribution in [3.63, 3.8) is 0 Å². The van der Waals surface area contributed by atoms with Gasteiger partial charge in [-0.3, -0.25) is 0 Å². The molecule has 21 heavy (non-hydrogen) atoms. The average molecular weight is 309 g/mol. The SMILES string of the molecule is O=S1c2ccccc2[S+](c2ccccc2)c2ccccc21. The van der Waals surface area contributed by atoms with Crippen LogP contribution in [0.15, 0.2) is 103 Å². The van der Waals surface area contributed by atoms with Gasteiger partial charge in [0, 0.05) is 0 Å². The summed E-state index contributed by atoms with van der Waals surface area (Å²) >= 11 is 0. The van der Waals surface area contributed by atoms with Gasteiger partial charge in [0.1, 0.15) is 10.9 Å². The van der Waals surface area contributed by atoms with Gasteiger partial charge in [-0.05, 0) is 36.4 Å².